The zero-order valence-electron chi connectivity index (χ0n) is 17.6. The Bertz CT molecular complexity index is 654. The maximum atomic E-state index is 10.7. The predicted molar refractivity (Wildman–Crippen MR) is 111 cm³/mol. The van der Waals surface area contributed by atoms with Crippen molar-refractivity contribution in [2.24, 2.45) is 17.8 Å². The van der Waals surface area contributed by atoms with Crippen LogP contribution in [0.1, 0.15) is 77.6 Å². The van der Waals surface area contributed by atoms with E-state index in [-0.39, 0.29) is 29.8 Å². The summed E-state index contributed by atoms with van der Waals surface area (Å²) < 4.78 is 6.24. The van der Waals surface area contributed by atoms with Gasteiger partial charge in [0.2, 0.25) is 0 Å². The fourth-order valence-corrected chi connectivity index (χ4v) is 5.52. The number of allylic oxidation sites excluding steroid dienone is 1. The normalized spacial score (nSPS) is 34.6. The van der Waals surface area contributed by atoms with Gasteiger partial charge < -0.3 is 20.1 Å². The van der Waals surface area contributed by atoms with Crippen LogP contribution in [0.2, 0.25) is 0 Å². The number of aliphatic carboxylic acids is 1. The number of rotatable bonds is 7. The van der Waals surface area contributed by atoms with E-state index in [0.717, 1.165) is 32.1 Å². The Labute approximate surface area is 174 Å². The second kappa shape index (κ2) is 10.1. The minimum absolute atomic E-state index is 0.142. The SMILES string of the molecule is CCO[C@@]12CC[C@H](O)[C@@H](C#CC(O)C3CCCCC3)[C@@H]1CC2=CCCCC(=O)O. The molecule has 0 aromatic carbocycles. The molecule has 3 aliphatic carbocycles. The number of ether oxygens (including phenoxy) is 1. The summed E-state index contributed by atoms with van der Waals surface area (Å²) in [5, 5.41) is 30.0. The minimum atomic E-state index is -0.762. The first-order valence-corrected chi connectivity index (χ1v) is 11.4. The Morgan fingerprint density at radius 2 is 2.07 bits per heavy atom. The summed E-state index contributed by atoms with van der Waals surface area (Å²) in [6.45, 7) is 2.59. The molecule has 162 valence electrons. The van der Waals surface area contributed by atoms with Crippen molar-refractivity contribution in [2.75, 3.05) is 6.61 Å². The number of carboxylic acids is 1. The first kappa shape index (κ1) is 22.3. The minimum Gasteiger partial charge on any atom is -0.481 e. The van der Waals surface area contributed by atoms with Crippen molar-refractivity contribution >= 4 is 5.97 Å². The molecule has 0 heterocycles. The fraction of sp³-hybridized carbons (Fsp3) is 0.792. The van der Waals surface area contributed by atoms with E-state index in [4.69, 9.17) is 9.84 Å². The van der Waals surface area contributed by atoms with E-state index >= 15 is 0 Å². The third-order valence-electron chi connectivity index (χ3n) is 7.12. The molecule has 5 nitrogen and oxygen atoms in total. The number of hydrogen-bond acceptors (Lipinski definition) is 4. The molecule has 5 heteroatoms. The van der Waals surface area contributed by atoms with Gasteiger partial charge in [0.05, 0.1) is 17.6 Å². The molecule has 3 aliphatic rings. The molecule has 29 heavy (non-hydrogen) atoms. The largest absolute Gasteiger partial charge is 0.481 e. The van der Waals surface area contributed by atoms with Gasteiger partial charge >= 0.3 is 5.97 Å². The van der Waals surface area contributed by atoms with Gasteiger partial charge in [0.1, 0.15) is 6.10 Å². The van der Waals surface area contributed by atoms with Gasteiger partial charge in [-0.15, -0.1) is 0 Å². The highest BCUT2D eigenvalue weighted by atomic mass is 16.5. The summed E-state index contributed by atoms with van der Waals surface area (Å²) in [5.41, 5.74) is 0.869. The molecular weight excluding hydrogens is 368 g/mol. The smallest absolute Gasteiger partial charge is 0.303 e. The van der Waals surface area contributed by atoms with Gasteiger partial charge in [0.15, 0.2) is 0 Å². The molecule has 0 aromatic heterocycles. The number of carbonyl (C=O) groups is 1. The molecular formula is C24H36O5. The summed E-state index contributed by atoms with van der Waals surface area (Å²) in [4.78, 5) is 10.7. The number of aliphatic hydroxyl groups excluding tert-OH is 2. The standard InChI is InChI=1S/C24H36O5/c1-2-29-24-15-14-22(26)19(12-13-21(25)17-8-4-3-5-9-17)20(24)16-18(24)10-6-7-11-23(27)28/h10,17,19-22,25-26H,2-9,11,14-16H2,1H3,(H,27,28)/t19-,20-,21?,22-,24+/m0/s1. The predicted octanol–water partition coefficient (Wildman–Crippen LogP) is 3.68. The van der Waals surface area contributed by atoms with E-state index in [1.165, 1.54) is 24.8 Å². The highest BCUT2D eigenvalue weighted by molar-refractivity contribution is 5.66. The van der Waals surface area contributed by atoms with Gasteiger partial charge in [0.25, 0.3) is 0 Å². The first-order valence-electron chi connectivity index (χ1n) is 11.4. The molecule has 3 saturated carbocycles. The van der Waals surface area contributed by atoms with Crippen molar-refractivity contribution in [1.82, 2.24) is 0 Å². The Morgan fingerprint density at radius 1 is 1.31 bits per heavy atom. The van der Waals surface area contributed by atoms with Gasteiger partial charge in [0, 0.05) is 18.9 Å². The lowest BCUT2D eigenvalue weighted by Gasteiger charge is -2.57. The van der Waals surface area contributed by atoms with Gasteiger partial charge in [-0.05, 0) is 63.4 Å². The van der Waals surface area contributed by atoms with Crippen LogP contribution in [0.25, 0.3) is 0 Å². The van der Waals surface area contributed by atoms with E-state index in [2.05, 4.69) is 17.9 Å². The van der Waals surface area contributed by atoms with Crippen molar-refractivity contribution in [1.29, 1.82) is 0 Å². The number of aliphatic hydroxyl groups is 2. The lowest BCUT2D eigenvalue weighted by atomic mass is 9.53. The second-order valence-corrected chi connectivity index (χ2v) is 8.91. The van der Waals surface area contributed by atoms with Gasteiger partial charge in [-0.2, -0.15) is 0 Å². The Balaban J connectivity index is 1.69. The molecule has 3 rings (SSSR count). The summed E-state index contributed by atoms with van der Waals surface area (Å²) in [5.74, 6) is 5.80. The average molecular weight is 405 g/mol. The lowest BCUT2D eigenvalue weighted by molar-refractivity contribution is -0.153. The fourth-order valence-electron chi connectivity index (χ4n) is 5.52. The van der Waals surface area contributed by atoms with Crippen LogP contribution in [0.15, 0.2) is 11.6 Å². The van der Waals surface area contributed by atoms with Crippen LogP contribution in [0.3, 0.4) is 0 Å². The van der Waals surface area contributed by atoms with Gasteiger partial charge in [-0.1, -0.05) is 37.2 Å². The van der Waals surface area contributed by atoms with E-state index < -0.39 is 18.2 Å². The quantitative estimate of drug-likeness (QED) is 0.342. The molecule has 0 radical (unpaired) electrons. The topological polar surface area (TPSA) is 87.0 Å². The molecule has 0 bridgehead atoms. The second-order valence-electron chi connectivity index (χ2n) is 8.91. The summed E-state index contributed by atoms with van der Waals surface area (Å²) in [7, 11) is 0. The maximum Gasteiger partial charge on any atom is 0.303 e. The monoisotopic (exact) mass is 404 g/mol. The van der Waals surface area contributed by atoms with Gasteiger partial charge in [-0.3, -0.25) is 4.79 Å². The van der Waals surface area contributed by atoms with E-state index in [0.29, 0.717) is 19.4 Å². The molecule has 0 aliphatic heterocycles. The van der Waals surface area contributed by atoms with Crippen LogP contribution >= 0.6 is 0 Å². The molecule has 5 atom stereocenters. The molecule has 3 N–H and O–H groups in total. The average Bonchev–Trinajstić information content (AvgIpc) is 2.71. The molecule has 0 saturated heterocycles. The summed E-state index contributed by atoms with van der Waals surface area (Å²) in [6.07, 6.45) is 10.5. The number of hydrogen-bond donors (Lipinski definition) is 3. The van der Waals surface area contributed by atoms with Crippen LogP contribution in [0, 0.1) is 29.6 Å². The highest BCUT2D eigenvalue weighted by Gasteiger charge is 2.58. The van der Waals surface area contributed by atoms with Crippen LogP contribution in [-0.4, -0.2) is 45.7 Å². The van der Waals surface area contributed by atoms with E-state index in [1.807, 2.05) is 6.92 Å². The van der Waals surface area contributed by atoms with Crippen molar-refractivity contribution < 1.29 is 24.9 Å². The van der Waals surface area contributed by atoms with Crippen molar-refractivity contribution in [2.45, 2.75) is 95.4 Å². The van der Waals surface area contributed by atoms with Crippen LogP contribution in [-0.2, 0) is 9.53 Å². The number of fused-ring (bicyclic) bond motifs is 1. The molecule has 1 unspecified atom stereocenters. The van der Waals surface area contributed by atoms with Gasteiger partial charge in [-0.25, -0.2) is 0 Å². The Hall–Kier alpha value is -1.35. The highest BCUT2D eigenvalue weighted by Crippen LogP contribution is 2.57. The first-order chi connectivity index (χ1) is 14.0. The van der Waals surface area contributed by atoms with Crippen LogP contribution in [0.4, 0.5) is 0 Å². The molecule has 3 fully saturated rings. The zero-order valence-corrected chi connectivity index (χ0v) is 17.6. The van der Waals surface area contributed by atoms with E-state index in [1.54, 1.807) is 0 Å². The zero-order chi connectivity index (χ0) is 20.9. The van der Waals surface area contributed by atoms with Crippen LogP contribution in [0.5, 0.6) is 0 Å². The van der Waals surface area contributed by atoms with E-state index in [9.17, 15) is 15.0 Å². The Morgan fingerprint density at radius 3 is 2.76 bits per heavy atom. The summed E-state index contributed by atoms with van der Waals surface area (Å²) in [6, 6.07) is 0. The number of unbranched alkanes of at least 4 members (excludes halogenated alkanes) is 1. The summed E-state index contributed by atoms with van der Waals surface area (Å²) >= 11 is 0. The lowest BCUT2D eigenvalue weighted by Crippen LogP contribution is -2.60. The number of carboxylic acid groups (broad SMARTS) is 1. The molecule has 0 amide bonds. The molecule has 0 spiro atoms. The third kappa shape index (κ3) is 5.05. The van der Waals surface area contributed by atoms with Crippen molar-refractivity contribution in [3.63, 3.8) is 0 Å². The van der Waals surface area contributed by atoms with Crippen LogP contribution < -0.4 is 0 Å². The third-order valence-corrected chi connectivity index (χ3v) is 7.12. The maximum absolute atomic E-state index is 10.7. The molecule has 0 aromatic rings. The van der Waals surface area contributed by atoms with Crippen molar-refractivity contribution in [3.05, 3.63) is 11.6 Å². The van der Waals surface area contributed by atoms with Crippen molar-refractivity contribution in [3.8, 4) is 11.8 Å². The Kier molecular flexibility index (Phi) is 7.79.